The predicted octanol–water partition coefficient (Wildman–Crippen LogP) is 5.20. The highest BCUT2D eigenvalue weighted by atomic mass is 35.5. The second-order valence-electron chi connectivity index (χ2n) is 6.57. The van der Waals surface area contributed by atoms with E-state index in [-0.39, 0.29) is 5.88 Å². The number of aromatic nitrogens is 1. The van der Waals surface area contributed by atoms with Gasteiger partial charge < -0.3 is 15.8 Å². The van der Waals surface area contributed by atoms with E-state index in [4.69, 9.17) is 22.3 Å². The van der Waals surface area contributed by atoms with Crippen molar-refractivity contribution in [1.82, 2.24) is 4.98 Å². The van der Waals surface area contributed by atoms with E-state index >= 15 is 0 Å². The molecule has 1 aromatic heterocycles. The van der Waals surface area contributed by atoms with Gasteiger partial charge in [0.2, 0.25) is 0 Å². The van der Waals surface area contributed by atoms with Crippen LogP contribution in [0.4, 0.5) is 5.69 Å². The average Bonchev–Trinajstić information content (AvgIpc) is 3.03. The van der Waals surface area contributed by atoms with Gasteiger partial charge in [0.25, 0.3) is 0 Å². The summed E-state index contributed by atoms with van der Waals surface area (Å²) in [5.74, 6) is 0.0691. The zero-order valence-electron chi connectivity index (χ0n) is 15.2. The molecule has 140 valence electrons. The van der Waals surface area contributed by atoms with E-state index in [0.29, 0.717) is 22.8 Å². The standard InChI is InChI=1S/C23H20ClN3O/c24-17-8-11-19-20(14-17)27-23(28)21(19)22(16-4-2-1-3-5-16)26-18-9-6-15(7-10-18)12-13-25/h1-11,14,27-28H,12-13,25H2. The second kappa shape index (κ2) is 7.89. The maximum absolute atomic E-state index is 10.7. The molecule has 4 N–H and O–H groups in total. The summed E-state index contributed by atoms with van der Waals surface area (Å²) in [7, 11) is 0. The first-order valence-electron chi connectivity index (χ1n) is 9.09. The number of aliphatic imine (C=N–C) groups is 1. The van der Waals surface area contributed by atoms with E-state index in [1.165, 1.54) is 5.56 Å². The average molecular weight is 390 g/mol. The molecule has 0 aliphatic rings. The Kier molecular flexibility index (Phi) is 5.15. The number of hydrogen-bond acceptors (Lipinski definition) is 3. The number of rotatable bonds is 5. The van der Waals surface area contributed by atoms with Gasteiger partial charge >= 0.3 is 0 Å². The van der Waals surface area contributed by atoms with Crippen LogP contribution >= 0.6 is 11.6 Å². The van der Waals surface area contributed by atoms with Gasteiger partial charge in [-0.1, -0.05) is 60.1 Å². The first-order valence-corrected chi connectivity index (χ1v) is 9.47. The Hall–Kier alpha value is -3.08. The minimum absolute atomic E-state index is 0.0691. The molecule has 0 aliphatic carbocycles. The van der Waals surface area contributed by atoms with Gasteiger partial charge in [-0.3, -0.25) is 0 Å². The van der Waals surface area contributed by atoms with Gasteiger partial charge in [-0.05, 0) is 42.8 Å². The van der Waals surface area contributed by atoms with E-state index in [2.05, 4.69) is 4.98 Å². The monoisotopic (exact) mass is 389 g/mol. The van der Waals surface area contributed by atoms with Crippen LogP contribution in [0.25, 0.3) is 10.9 Å². The topological polar surface area (TPSA) is 74.4 Å². The summed E-state index contributed by atoms with van der Waals surface area (Å²) in [5.41, 5.74) is 10.6. The van der Waals surface area contributed by atoms with Gasteiger partial charge in [-0.15, -0.1) is 0 Å². The molecule has 0 atom stereocenters. The number of aromatic amines is 1. The highest BCUT2D eigenvalue weighted by molar-refractivity contribution is 6.31. The Morgan fingerprint density at radius 3 is 2.46 bits per heavy atom. The van der Waals surface area contributed by atoms with E-state index in [0.717, 1.165) is 28.6 Å². The predicted molar refractivity (Wildman–Crippen MR) is 116 cm³/mol. The van der Waals surface area contributed by atoms with Crippen LogP contribution in [-0.4, -0.2) is 22.3 Å². The number of halogens is 1. The summed E-state index contributed by atoms with van der Waals surface area (Å²) < 4.78 is 0. The maximum Gasteiger partial charge on any atom is 0.199 e. The van der Waals surface area contributed by atoms with Gasteiger partial charge in [0.1, 0.15) is 0 Å². The van der Waals surface area contributed by atoms with Gasteiger partial charge in [0, 0.05) is 16.0 Å². The smallest absolute Gasteiger partial charge is 0.199 e. The first kappa shape index (κ1) is 18.3. The van der Waals surface area contributed by atoms with E-state index in [1.807, 2.05) is 66.7 Å². The van der Waals surface area contributed by atoms with Gasteiger partial charge in [0.15, 0.2) is 5.88 Å². The van der Waals surface area contributed by atoms with Crippen LogP contribution in [0.2, 0.25) is 5.02 Å². The molecule has 0 saturated carbocycles. The lowest BCUT2D eigenvalue weighted by Crippen LogP contribution is -2.03. The zero-order chi connectivity index (χ0) is 19.5. The number of fused-ring (bicyclic) bond motifs is 1. The molecular weight excluding hydrogens is 370 g/mol. The largest absolute Gasteiger partial charge is 0.494 e. The Labute approximate surface area is 168 Å². The number of nitrogens with one attached hydrogen (secondary N) is 1. The minimum Gasteiger partial charge on any atom is -0.494 e. The number of benzene rings is 3. The number of nitrogens with zero attached hydrogens (tertiary/aromatic N) is 1. The second-order valence-corrected chi connectivity index (χ2v) is 7.01. The molecule has 0 aliphatic heterocycles. The van der Waals surface area contributed by atoms with Crippen LogP contribution in [0.1, 0.15) is 16.7 Å². The maximum atomic E-state index is 10.7. The Balaban J connectivity index is 1.89. The van der Waals surface area contributed by atoms with Gasteiger partial charge in [-0.2, -0.15) is 0 Å². The van der Waals surface area contributed by atoms with Crippen molar-refractivity contribution >= 4 is 33.9 Å². The molecule has 3 aromatic carbocycles. The fraction of sp³-hybridized carbons (Fsp3) is 0.0870. The van der Waals surface area contributed by atoms with Crippen molar-refractivity contribution in [2.24, 2.45) is 10.7 Å². The number of hydrogen-bond donors (Lipinski definition) is 3. The summed E-state index contributed by atoms with van der Waals surface area (Å²) in [6.07, 6.45) is 0.833. The van der Waals surface area contributed by atoms with E-state index < -0.39 is 0 Å². The molecule has 1 heterocycles. The summed E-state index contributed by atoms with van der Waals surface area (Å²) in [6, 6.07) is 23.3. The van der Waals surface area contributed by atoms with Gasteiger partial charge in [0.05, 0.1) is 22.5 Å². The fourth-order valence-electron chi connectivity index (χ4n) is 3.29. The van der Waals surface area contributed by atoms with Crippen molar-refractivity contribution in [3.05, 3.63) is 94.5 Å². The lowest BCUT2D eigenvalue weighted by atomic mass is 10.0. The van der Waals surface area contributed by atoms with Crippen molar-refractivity contribution in [1.29, 1.82) is 0 Å². The molecule has 4 rings (SSSR count). The van der Waals surface area contributed by atoms with Gasteiger partial charge in [-0.25, -0.2) is 4.99 Å². The molecule has 0 spiro atoms. The molecule has 0 bridgehead atoms. The van der Waals surface area contributed by atoms with Crippen LogP contribution in [0.15, 0.2) is 77.8 Å². The molecule has 4 aromatic rings. The summed E-state index contributed by atoms with van der Waals surface area (Å²) in [4.78, 5) is 7.88. The van der Waals surface area contributed by atoms with Crippen molar-refractivity contribution in [3.63, 3.8) is 0 Å². The lowest BCUT2D eigenvalue weighted by Gasteiger charge is -2.08. The van der Waals surface area contributed by atoms with E-state index in [1.54, 1.807) is 6.07 Å². The molecule has 0 amide bonds. The first-order chi connectivity index (χ1) is 13.7. The number of aromatic hydroxyl groups is 1. The third-order valence-electron chi connectivity index (χ3n) is 4.64. The number of nitrogens with two attached hydrogens (primary N) is 1. The van der Waals surface area contributed by atoms with Crippen molar-refractivity contribution < 1.29 is 5.11 Å². The molecule has 5 heteroatoms. The Morgan fingerprint density at radius 2 is 1.75 bits per heavy atom. The SMILES string of the molecule is NCCc1ccc(N=C(c2ccccc2)c2c(O)[nH]c3cc(Cl)ccc23)cc1. The molecule has 0 saturated heterocycles. The van der Waals surface area contributed by atoms with Crippen molar-refractivity contribution in [3.8, 4) is 5.88 Å². The highest BCUT2D eigenvalue weighted by Crippen LogP contribution is 2.32. The Morgan fingerprint density at radius 1 is 1.00 bits per heavy atom. The molecular formula is C23H20ClN3O. The molecule has 0 radical (unpaired) electrons. The summed E-state index contributed by atoms with van der Waals surface area (Å²) in [5, 5.41) is 12.1. The van der Waals surface area contributed by atoms with Crippen LogP contribution in [0.3, 0.4) is 0 Å². The minimum atomic E-state index is 0.0691. The third kappa shape index (κ3) is 3.65. The normalized spacial score (nSPS) is 11.9. The van der Waals surface area contributed by atoms with Crippen molar-refractivity contribution in [2.75, 3.05) is 6.54 Å². The molecule has 0 unspecified atom stereocenters. The van der Waals surface area contributed by atoms with Crippen LogP contribution in [0.5, 0.6) is 5.88 Å². The van der Waals surface area contributed by atoms with Crippen LogP contribution in [-0.2, 0) is 6.42 Å². The van der Waals surface area contributed by atoms with Crippen LogP contribution in [0, 0.1) is 0 Å². The summed E-state index contributed by atoms with van der Waals surface area (Å²) >= 11 is 6.11. The van der Waals surface area contributed by atoms with Crippen LogP contribution < -0.4 is 5.73 Å². The molecule has 0 fully saturated rings. The summed E-state index contributed by atoms with van der Waals surface area (Å²) in [6.45, 7) is 0.615. The quantitative estimate of drug-likeness (QED) is 0.410. The number of H-pyrrole nitrogens is 1. The fourth-order valence-corrected chi connectivity index (χ4v) is 3.46. The molecule has 4 nitrogen and oxygen atoms in total. The Bertz CT molecular complexity index is 1130. The zero-order valence-corrected chi connectivity index (χ0v) is 15.9. The highest BCUT2D eigenvalue weighted by Gasteiger charge is 2.18. The third-order valence-corrected chi connectivity index (χ3v) is 4.87. The lowest BCUT2D eigenvalue weighted by molar-refractivity contribution is 0.457. The van der Waals surface area contributed by atoms with E-state index in [9.17, 15) is 5.11 Å². The van der Waals surface area contributed by atoms with Crippen molar-refractivity contribution in [2.45, 2.75) is 6.42 Å². The molecule has 28 heavy (non-hydrogen) atoms.